The van der Waals surface area contributed by atoms with E-state index in [1.807, 2.05) is 36.4 Å². The summed E-state index contributed by atoms with van der Waals surface area (Å²) >= 11 is 0. The van der Waals surface area contributed by atoms with Gasteiger partial charge < -0.3 is 14.1 Å². The molecule has 0 spiro atoms. The van der Waals surface area contributed by atoms with Crippen molar-refractivity contribution in [3.05, 3.63) is 54.1 Å². The molecule has 3 aromatic rings. The van der Waals surface area contributed by atoms with Crippen LogP contribution >= 0.6 is 0 Å². The zero-order valence-corrected chi connectivity index (χ0v) is 12.0. The van der Waals surface area contributed by atoms with Crippen molar-refractivity contribution in [2.24, 2.45) is 0 Å². The van der Waals surface area contributed by atoms with Crippen LogP contribution in [0.15, 0.2) is 48.5 Å². The van der Waals surface area contributed by atoms with Crippen molar-refractivity contribution < 1.29 is 14.3 Å². The maximum Gasteiger partial charge on any atom is 0.340 e. The van der Waals surface area contributed by atoms with E-state index >= 15 is 0 Å². The lowest BCUT2D eigenvalue weighted by Crippen LogP contribution is -2.07. The number of hydrogen-bond acceptors (Lipinski definition) is 4. The molecule has 0 unspecified atom stereocenters. The minimum atomic E-state index is -0.447. The van der Waals surface area contributed by atoms with E-state index in [0.29, 0.717) is 22.4 Å². The predicted octanol–water partition coefficient (Wildman–Crippen LogP) is 2.69. The van der Waals surface area contributed by atoms with Crippen molar-refractivity contribution in [2.45, 2.75) is 6.54 Å². The number of aldehydes is 1. The lowest BCUT2D eigenvalue weighted by molar-refractivity contribution is -0.108. The van der Waals surface area contributed by atoms with Gasteiger partial charge in [-0.1, -0.05) is 36.4 Å². The highest BCUT2D eigenvalue weighted by molar-refractivity contribution is 6.03. The van der Waals surface area contributed by atoms with Crippen LogP contribution in [0.25, 0.3) is 22.4 Å². The highest BCUT2D eigenvalue weighted by Gasteiger charge is 2.19. The monoisotopic (exact) mass is 294 g/mol. The number of nitrogens with zero attached hydrogens (tertiary/aromatic N) is 2. The Bertz CT molecular complexity index is 838. The minimum absolute atomic E-state index is 0.120. The molecule has 0 saturated carbocycles. The van der Waals surface area contributed by atoms with Gasteiger partial charge in [0.1, 0.15) is 12.1 Å². The first-order valence-electron chi connectivity index (χ1n) is 6.83. The number of para-hydroxylation sites is 1. The zero-order chi connectivity index (χ0) is 15.5. The minimum Gasteiger partial charge on any atom is -0.465 e. The van der Waals surface area contributed by atoms with E-state index in [1.54, 1.807) is 16.7 Å². The molecule has 1 aromatic heterocycles. The molecule has 5 nitrogen and oxygen atoms in total. The van der Waals surface area contributed by atoms with Gasteiger partial charge in [-0.25, -0.2) is 9.78 Å². The number of methoxy groups -OCH3 is 1. The van der Waals surface area contributed by atoms with Crippen LogP contribution in [0.3, 0.4) is 0 Å². The Hall–Kier alpha value is -2.95. The van der Waals surface area contributed by atoms with E-state index in [-0.39, 0.29) is 6.54 Å². The van der Waals surface area contributed by atoms with Gasteiger partial charge in [0.2, 0.25) is 0 Å². The predicted molar refractivity (Wildman–Crippen MR) is 82.6 cm³/mol. The second-order valence-electron chi connectivity index (χ2n) is 4.74. The highest BCUT2D eigenvalue weighted by atomic mass is 16.5. The van der Waals surface area contributed by atoms with Gasteiger partial charge >= 0.3 is 5.97 Å². The Morgan fingerprint density at radius 3 is 2.64 bits per heavy atom. The van der Waals surface area contributed by atoms with Crippen LogP contribution in [0.4, 0.5) is 0 Å². The second kappa shape index (κ2) is 5.81. The fourth-order valence-electron chi connectivity index (χ4n) is 2.52. The van der Waals surface area contributed by atoms with Gasteiger partial charge in [0.15, 0.2) is 0 Å². The number of hydrogen-bond donors (Lipinski definition) is 0. The van der Waals surface area contributed by atoms with E-state index < -0.39 is 5.97 Å². The summed E-state index contributed by atoms with van der Waals surface area (Å²) in [5.41, 5.74) is 2.55. The fraction of sp³-hybridized carbons (Fsp3) is 0.118. The number of ether oxygens (including phenoxy) is 1. The lowest BCUT2D eigenvalue weighted by Gasteiger charge is -2.08. The van der Waals surface area contributed by atoms with Crippen molar-refractivity contribution in [2.75, 3.05) is 7.11 Å². The van der Waals surface area contributed by atoms with E-state index in [9.17, 15) is 9.59 Å². The number of benzene rings is 2. The highest BCUT2D eigenvalue weighted by Crippen LogP contribution is 2.27. The van der Waals surface area contributed by atoms with Gasteiger partial charge in [0.05, 0.1) is 30.3 Å². The summed E-state index contributed by atoms with van der Waals surface area (Å²) in [5.74, 6) is 0.205. The van der Waals surface area contributed by atoms with Crippen LogP contribution in [0.2, 0.25) is 0 Å². The molecular weight excluding hydrogens is 280 g/mol. The molecule has 0 N–H and O–H groups in total. The topological polar surface area (TPSA) is 61.2 Å². The summed E-state index contributed by atoms with van der Waals surface area (Å²) in [4.78, 5) is 27.6. The third kappa shape index (κ3) is 2.26. The van der Waals surface area contributed by atoms with E-state index in [4.69, 9.17) is 4.74 Å². The second-order valence-corrected chi connectivity index (χ2v) is 4.74. The van der Waals surface area contributed by atoms with Crippen LogP contribution in [-0.2, 0) is 16.1 Å². The molecule has 0 bridgehead atoms. The maximum absolute atomic E-state index is 12.0. The van der Waals surface area contributed by atoms with Crippen LogP contribution < -0.4 is 0 Å². The van der Waals surface area contributed by atoms with Crippen molar-refractivity contribution in [1.29, 1.82) is 0 Å². The number of esters is 1. The third-order valence-corrected chi connectivity index (χ3v) is 3.46. The number of fused-ring (bicyclic) bond motifs is 1. The molecule has 0 aliphatic rings. The van der Waals surface area contributed by atoms with Gasteiger partial charge in [-0.15, -0.1) is 0 Å². The third-order valence-electron chi connectivity index (χ3n) is 3.46. The summed E-state index contributed by atoms with van der Waals surface area (Å²) in [6.07, 6.45) is 0.793. The Balaban J connectivity index is 2.33. The summed E-state index contributed by atoms with van der Waals surface area (Å²) in [6, 6.07) is 14.8. The molecule has 0 aliphatic carbocycles. The van der Waals surface area contributed by atoms with Crippen molar-refractivity contribution >= 4 is 23.3 Å². The first-order chi connectivity index (χ1) is 10.8. The smallest absolute Gasteiger partial charge is 0.340 e. The molecule has 110 valence electrons. The molecule has 0 aliphatic heterocycles. The summed E-state index contributed by atoms with van der Waals surface area (Å²) in [7, 11) is 1.33. The number of aromatic nitrogens is 2. The van der Waals surface area contributed by atoms with Crippen LogP contribution in [0.5, 0.6) is 0 Å². The standard InChI is InChI=1S/C17H14N2O3/c1-22-17(21)13-8-5-9-14-15(13)19(10-11-20)16(18-14)12-6-3-2-4-7-12/h2-9,11H,10H2,1H3. The average Bonchev–Trinajstić information content (AvgIpc) is 2.94. The van der Waals surface area contributed by atoms with Crippen molar-refractivity contribution in [3.8, 4) is 11.4 Å². The Kier molecular flexibility index (Phi) is 3.70. The molecule has 0 saturated heterocycles. The fourth-order valence-corrected chi connectivity index (χ4v) is 2.52. The van der Waals surface area contributed by atoms with Gasteiger partial charge in [0, 0.05) is 5.56 Å². The first-order valence-corrected chi connectivity index (χ1v) is 6.83. The molecule has 0 radical (unpaired) electrons. The van der Waals surface area contributed by atoms with Crippen molar-refractivity contribution in [1.82, 2.24) is 9.55 Å². The van der Waals surface area contributed by atoms with E-state index in [0.717, 1.165) is 11.8 Å². The molecule has 22 heavy (non-hydrogen) atoms. The molecular formula is C17H14N2O3. The number of rotatable bonds is 4. The van der Waals surface area contributed by atoms with E-state index in [1.165, 1.54) is 7.11 Å². The lowest BCUT2D eigenvalue weighted by atomic mass is 10.2. The molecule has 0 fully saturated rings. The summed E-state index contributed by atoms with van der Waals surface area (Å²) in [5, 5.41) is 0. The van der Waals surface area contributed by atoms with Gasteiger partial charge in [-0.05, 0) is 12.1 Å². The quantitative estimate of drug-likeness (QED) is 0.548. The maximum atomic E-state index is 12.0. The Morgan fingerprint density at radius 1 is 1.18 bits per heavy atom. The van der Waals surface area contributed by atoms with Crippen molar-refractivity contribution in [3.63, 3.8) is 0 Å². The number of imidazole rings is 1. The molecule has 0 atom stereocenters. The zero-order valence-electron chi connectivity index (χ0n) is 12.0. The van der Waals surface area contributed by atoms with E-state index in [2.05, 4.69) is 4.98 Å². The SMILES string of the molecule is COC(=O)c1cccc2nc(-c3ccccc3)n(CC=O)c12. The number of carbonyl (C=O) groups is 2. The Morgan fingerprint density at radius 2 is 1.95 bits per heavy atom. The molecule has 5 heteroatoms. The molecule has 2 aromatic carbocycles. The Labute approximate surface area is 127 Å². The first kappa shape index (κ1) is 14.0. The summed E-state index contributed by atoms with van der Waals surface area (Å²) in [6.45, 7) is 0.120. The average molecular weight is 294 g/mol. The van der Waals surface area contributed by atoms with Gasteiger partial charge in [0.25, 0.3) is 0 Å². The molecule has 1 heterocycles. The van der Waals surface area contributed by atoms with Gasteiger partial charge in [-0.3, -0.25) is 0 Å². The molecule has 0 amide bonds. The van der Waals surface area contributed by atoms with Crippen LogP contribution in [-0.4, -0.2) is 28.9 Å². The normalized spacial score (nSPS) is 10.6. The van der Waals surface area contributed by atoms with Gasteiger partial charge in [-0.2, -0.15) is 0 Å². The van der Waals surface area contributed by atoms with Crippen LogP contribution in [0.1, 0.15) is 10.4 Å². The largest absolute Gasteiger partial charge is 0.465 e. The summed E-state index contributed by atoms with van der Waals surface area (Å²) < 4.78 is 6.56. The van der Waals surface area contributed by atoms with Crippen LogP contribution in [0, 0.1) is 0 Å². The number of carbonyl (C=O) groups excluding carboxylic acids is 2. The molecule has 3 rings (SSSR count).